The molecule has 25 heavy (non-hydrogen) atoms. The maximum atomic E-state index is 14.3. The number of nitrogens with zero attached hydrogens (tertiary/aromatic N) is 2. The first-order chi connectivity index (χ1) is 12.0. The molecule has 2 fully saturated rings. The largest absolute Gasteiger partial charge is 0.366 e. The fourth-order valence-corrected chi connectivity index (χ4v) is 3.86. The number of piperazine rings is 1. The van der Waals surface area contributed by atoms with Crippen molar-refractivity contribution in [1.82, 2.24) is 4.90 Å². The molecule has 1 heterocycles. The van der Waals surface area contributed by atoms with Gasteiger partial charge in [0.25, 0.3) is 0 Å². The lowest BCUT2D eigenvalue weighted by atomic mass is 9.85. The zero-order valence-electron chi connectivity index (χ0n) is 14.7. The molecule has 1 aromatic carbocycles. The fraction of sp³-hybridized carbons (Fsp3) is 0.579. The molecule has 3 rings (SSSR count). The Labute approximate surface area is 148 Å². The maximum Gasteiger partial charge on any atom is 0.225 e. The quantitative estimate of drug-likeness (QED) is 0.851. The molecule has 2 unspecified atom stereocenters. The molecule has 136 valence electrons. The topological polar surface area (TPSA) is 66.6 Å². The third-order valence-electron chi connectivity index (χ3n) is 5.35. The average molecular weight is 347 g/mol. The van der Waals surface area contributed by atoms with Crippen molar-refractivity contribution in [2.45, 2.75) is 38.6 Å². The molecule has 0 bridgehead atoms. The Hall–Kier alpha value is -1.95. The van der Waals surface area contributed by atoms with Crippen LogP contribution >= 0.6 is 0 Å². The summed E-state index contributed by atoms with van der Waals surface area (Å²) in [6.07, 6.45) is 3.73. The highest BCUT2D eigenvalue weighted by atomic mass is 19.1. The number of hydrogen-bond acceptors (Lipinski definition) is 4. The minimum Gasteiger partial charge on any atom is -0.366 e. The third-order valence-corrected chi connectivity index (χ3v) is 5.35. The summed E-state index contributed by atoms with van der Waals surface area (Å²) in [5, 5.41) is 0. The Morgan fingerprint density at radius 1 is 1.16 bits per heavy atom. The van der Waals surface area contributed by atoms with Crippen molar-refractivity contribution in [2.24, 2.45) is 11.7 Å². The van der Waals surface area contributed by atoms with Crippen molar-refractivity contribution in [3.63, 3.8) is 0 Å². The van der Waals surface area contributed by atoms with Crippen molar-refractivity contribution >= 4 is 17.4 Å². The molecule has 1 amide bonds. The van der Waals surface area contributed by atoms with Crippen LogP contribution in [0, 0.1) is 11.7 Å². The normalized spacial score (nSPS) is 24.3. The summed E-state index contributed by atoms with van der Waals surface area (Å²) in [4.78, 5) is 27.8. The van der Waals surface area contributed by atoms with Crippen molar-refractivity contribution in [2.75, 3.05) is 31.1 Å². The summed E-state index contributed by atoms with van der Waals surface area (Å²) < 4.78 is 14.3. The van der Waals surface area contributed by atoms with Crippen LogP contribution < -0.4 is 10.6 Å². The first kappa shape index (κ1) is 17.9. The Morgan fingerprint density at radius 2 is 1.88 bits per heavy atom. The minimum atomic E-state index is -0.384. The van der Waals surface area contributed by atoms with Crippen molar-refractivity contribution in [3.05, 3.63) is 29.6 Å². The van der Waals surface area contributed by atoms with Gasteiger partial charge in [-0.15, -0.1) is 0 Å². The second kappa shape index (κ2) is 7.52. The van der Waals surface area contributed by atoms with Crippen LogP contribution in [0.1, 0.15) is 43.0 Å². The Bertz CT molecular complexity index is 656. The monoisotopic (exact) mass is 347 g/mol. The van der Waals surface area contributed by atoms with Crippen LogP contribution in [-0.4, -0.2) is 48.8 Å². The molecule has 1 saturated carbocycles. The molecule has 2 aliphatic rings. The van der Waals surface area contributed by atoms with Gasteiger partial charge in [-0.05, 0) is 44.4 Å². The lowest BCUT2D eigenvalue weighted by Crippen LogP contribution is -2.51. The number of ketones is 1. The number of rotatable bonds is 3. The van der Waals surface area contributed by atoms with Gasteiger partial charge in [-0.2, -0.15) is 0 Å². The molecule has 2 N–H and O–H groups in total. The van der Waals surface area contributed by atoms with Crippen LogP contribution in [0.3, 0.4) is 0 Å². The second-order valence-corrected chi connectivity index (χ2v) is 7.16. The van der Waals surface area contributed by atoms with Crippen LogP contribution in [-0.2, 0) is 4.79 Å². The Balaban J connectivity index is 1.60. The molecule has 0 aromatic heterocycles. The molecule has 1 saturated heterocycles. The number of halogens is 1. The standard InChI is InChI=1S/C19H26FN3O2/c1-13(24)14-5-6-18(17(20)12-14)22-7-9-23(10-8-22)19(25)15-3-2-4-16(21)11-15/h5-6,12,15-16H,2-4,7-11,21H2,1H3. The van der Waals surface area contributed by atoms with Crippen LogP contribution in [0.4, 0.5) is 10.1 Å². The van der Waals surface area contributed by atoms with E-state index in [0.717, 1.165) is 25.7 Å². The van der Waals surface area contributed by atoms with Gasteiger partial charge in [0.05, 0.1) is 5.69 Å². The van der Waals surface area contributed by atoms with Crippen LogP contribution in [0.25, 0.3) is 0 Å². The van der Waals surface area contributed by atoms with Gasteiger partial charge >= 0.3 is 0 Å². The third kappa shape index (κ3) is 4.00. The lowest BCUT2D eigenvalue weighted by Gasteiger charge is -2.38. The number of hydrogen-bond donors (Lipinski definition) is 1. The maximum absolute atomic E-state index is 14.3. The number of benzene rings is 1. The van der Waals surface area contributed by atoms with E-state index in [1.165, 1.54) is 13.0 Å². The number of anilines is 1. The van der Waals surface area contributed by atoms with Gasteiger partial charge < -0.3 is 15.5 Å². The minimum absolute atomic E-state index is 0.0434. The van der Waals surface area contributed by atoms with Crippen LogP contribution in [0.2, 0.25) is 0 Å². The van der Waals surface area contributed by atoms with E-state index in [0.29, 0.717) is 37.4 Å². The van der Waals surface area contributed by atoms with Gasteiger partial charge in [-0.3, -0.25) is 9.59 Å². The first-order valence-electron chi connectivity index (χ1n) is 9.05. The molecule has 0 spiro atoms. The number of carbonyl (C=O) groups excluding carboxylic acids is 2. The molecular formula is C19H26FN3O2. The Kier molecular flexibility index (Phi) is 5.37. The molecule has 5 nitrogen and oxygen atoms in total. The van der Waals surface area contributed by atoms with E-state index >= 15 is 0 Å². The molecule has 1 aliphatic heterocycles. The zero-order chi connectivity index (χ0) is 18.0. The zero-order valence-corrected chi connectivity index (χ0v) is 14.7. The highest BCUT2D eigenvalue weighted by Gasteiger charge is 2.31. The van der Waals surface area contributed by atoms with E-state index in [9.17, 15) is 14.0 Å². The lowest BCUT2D eigenvalue weighted by molar-refractivity contribution is -0.137. The number of nitrogens with two attached hydrogens (primary N) is 1. The summed E-state index contributed by atoms with van der Waals surface area (Å²) in [5.74, 6) is -0.290. The summed E-state index contributed by atoms with van der Waals surface area (Å²) >= 11 is 0. The first-order valence-corrected chi connectivity index (χ1v) is 9.05. The molecular weight excluding hydrogens is 321 g/mol. The summed E-state index contributed by atoms with van der Waals surface area (Å²) in [7, 11) is 0. The second-order valence-electron chi connectivity index (χ2n) is 7.16. The van der Waals surface area contributed by atoms with Gasteiger partial charge in [0.15, 0.2) is 5.78 Å². The summed E-state index contributed by atoms with van der Waals surface area (Å²) in [6, 6.07) is 4.74. The van der Waals surface area contributed by atoms with E-state index in [1.54, 1.807) is 12.1 Å². The number of Topliss-reactive ketones (excluding diaryl/α,β-unsaturated/α-hetero) is 1. The van der Waals surface area contributed by atoms with Crippen LogP contribution in [0.15, 0.2) is 18.2 Å². The van der Waals surface area contributed by atoms with Gasteiger partial charge in [0.1, 0.15) is 5.82 Å². The SMILES string of the molecule is CC(=O)c1ccc(N2CCN(C(=O)C3CCCC(N)C3)CC2)c(F)c1. The van der Waals surface area contributed by atoms with E-state index in [2.05, 4.69) is 0 Å². The molecule has 0 radical (unpaired) electrons. The van der Waals surface area contributed by atoms with E-state index in [4.69, 9.17) is 5.73 Å². The van der Waals surface area contributed by atoms with Crippen molar-refractivity contribution in [3.8, 4) is 0 Å². The van der Waals surface area contributed by atoms with E-state index in [1.807, 2.05) is 9.80 Å². The number of amides is 1. The van der Waals surface area contributed by atoms with E-state index < -0.39 is 0 Å². The van der Waals surface area contributed by atoms with Gasteiger partial charge in [0.2, 0.25) is 5.91 Å². The van der Waals surface area contributed by atoms with E-state index in [-0.39, 0.29) is 29.5 Å². The highest BCUT2D eigenvalue weighted by Crippen LogP contribution is 2.27. The van der Waals surface area contributed by atoms with Gasteiger partial charge in [0, 0.05) is 43.7 Å². The molecule has 6 heteroatoms. The van der Waals surface area contributed by atoms with Gasteiger partial charge in [-0.1, -0.05) is 6.42 Å². The fourth-order valence-electron chi connectivity index (χ4n) is 3.86. The highest BCUT2D eigenvalue weighted by molar-refractivity contribution is 5.94. The van der Waals surface area contributed by atoms with Crippen LogP contribution in [0.5, 0.6) is 0 Å². The predicted octanol–water partition coefficient (Wildman–Crippen LogP) is 2.19. The van der Waals surface area contributed by atoms with Gasteiger partial charge in [-0.25, -0.2) is 4.39 Å². The predicted molar refractivity (Wildman–Crippen MR) is 95.1 cm³/mol. The van der Waals surface area contributed by atoms with Crippen molar-refractivity contribution < 1.29 is 14.0 Å². The molecule has 2 atom stereocenters. The smallest absolute Gasteiger partial charge is 0.225 e. The molecule has 1 aliphatic carbocycles. The average Bonchev–Trinajstić information content (AvgIpc) is 2.61. The Morgan fingerprint density at radius 3 is 2.48 bits per heavy atom. The summed E-state index contributed by atoms with van der Waals surface area (Å²) in [6.45, 7) is 3.81. The number of carbonyl (C=O) groups is 2. The molecule has 1 aromatic rings. The summed E-state index contributed by atoms with van der Waals surface area (Å²) in [5.41, 5.74) is 6.87. The van der Waals surface area contributed by atoms with Crippen molar-refractivity contribution in [1.29, 1.82) is 0 Å².